The van der Waals surface area contributed by atoms with Crippen LogP contribution in [0.2, 0.25) is 0 Å². The molecule has 0 N–H and O–H groups in total. The lowest BCUT2D eigenvalue weighted by Gasteiger charge is -2.30. The van der Waals surface area contributed by atoms with Gasteiger partial charge < -0.3 is 4.90 Å². The van der Waals surface area contributed by atoms with Crippen molar-refractivity contribution in [1.29, 1.82) is 0 Å². The molecule has 1 aliphatic heterocycles. The molecule has 120 valence electrons. The predicted molar refractivity (Wildman–Crippen MR) is 90.2 cm³/mol. The van der Waals surface area contributed by atoms with Crippen molar-refractivity contribution < 1.29 is 9.18 Å². The van der Waals surface area contributed by atoms with Crippen molar-refractivity contribution in [2.24, 2.45) is 0 Å². The van der Waals surface area contributed by atoms with Gasteiger partial charge in [0.2, 0.25) is 0 Å². The Morgan fingerprint density at radius 3 is 2.26 bits per heavy atom. The maximum absolute atomic E-state index is 13.1. The predicted octanol–water partition coefficient (Wildman–Crippen LogP) is 4.28. The van der Waals surface area contributed by atoms with Gasteiger partial charge in [0.05, 0.1) is 5.92 Å². The third-order valence-corrected chi connectivity index (χ3v) is 4.54. The summed E-state index contributed by atoms with van der Waals surface area (Å²) in [6.07, 6.45) is 3.68. The minimum atomic E-state index is -0.311. The monoisotopic (exact) mass is 311 g/mol. The van der Waals surface area contributed by atoms with Crippen molar-refractivity contribution in [3.63, 3.8) is 0 Å². The van der Waals surface area contributed by atoms with Gasteiger partial charge in [0.15, 0.2) is 5.78 Å². The van der Waals surface area contributed by atoms with Crippen LogP contribution < -0.4 is 0 Å². The number of ketones is 1. The molecule has 0 aliphatic carbocycles. The largest absolute Gasteiger partial charge is 0.302 e. The Labute approximate surface area is 136 Å². The summed E-state index contributed by atoms with van der Waals surface area (Å²) in [7, 11) is 0. The molecule has 2 aromatic carbocycles. The van der Waals surface area contributed by atoms with Crippen LogP contribution in [0.4, 0.5) is 4.39 Å². The van der Waals surface area contributed by atoms with Crippen LogP contribution in [-0.4, -0.2) is 30.3 Å². The third-order valence-electron chi connectivity index (χ3n) is 4.54. The van der Waals surface area contributed by atoms with Gasteiger partial charge in [0.25, 0.3) is 0 Å². The maximum Gasteiger partial charge on any atom is 0.171 e. The number of likely N-dealkylation sites (tertiary alicyclic amines) is 1. The smallest absolute Gasteiger partial charge is 0.171 e. The van der Waals surface area contributed by atoms with Crippen molar-refractivity contribution in [2.75, 3.05) is 19.6 Å². The molecule has 0 spiro atoms. The number of halogens is 1. The van der Waals surface area contributed by atoms with E-state index in [-0.39, 0.29) is 17.5 Å². The summed E-state index contributed by atoms with van der Waals surface area (Å²) < 4.78 is 13.1. The van der Waals surface area contributed by atoms with Crippen LogP contribution in [0.1, 0.15) is 41.1 Å². The zero-order valence-electron chi connectivity index (χ0n) is 13.2. The molecule has 1 aliphatic rings. The first-order chi connectivity index (χ1) is 11.2. The lowest BCUT2D eigenvalue weighted by Crippen LogP contribution is -2.35. The summed E-state index contributed by atoms with van der Waals surface area (Å²) in [5, 5.41) is 0. The van der Waals surface area contributed by atoms with E-state index in [2.05, 4.69) is 4.90 Å². The quantitative estimate of drug-likeness (QED) is 0.768. The summed E-state index contributed by atoms with van der Waals surface area (Å²) in [5.74, 6) is -0.435. The van der Waals surface area contributed by atoms with Crippen LogP contribution in [0.3, 0.4) is 0 Å². The lowest BCUT2D eigenvalue weighted by atomic mass is 9.89. The molecule has 1 fully saturated rings. The minimum Gasteiger partial charge on any atom is -0.302 e. The molecule has 0 saturated carbocycles. The maximum atomic E-state index is 13.1. The molecule has 0 bridgehead atoms. The molecule has 0 aromatic heterocycles. The first-order valence-corrected chi connectivity index (χ1v) is 8.31. The molecule has 23 heavy (non-hydrogen) atoms. The Kier molecular flexibility index (Phi) is 5.19. The summed E-state index contributed by atoms with van der Waals surface area (Å²) in [6.45, 7) is 2.85. The summed E-state index contributed by atoms with van der Waals surface area (Å²) >= 11 is 0. The normalized spacial score (nSPS) is 16.9. The van der Waals surface area contributed by atoms with E-state index in [9.17, 15) is 9.18 Å². The van der Waals surface area contributed by atoms with Gasteiger partial charge in [-0.1, -0.05) is 36.8 Å². The highest BCUT2D eigenvalue weighted by Crippen LogP contribution is 2.24. The van der Waals surface area contributed by atoms with Crippen LogP contribution in [0.5, 0.6) is 0 Å². The van der Waals surface area contributed by atoms with Crippen LogP contribution in [0.15, 0.2) is 54.6 Å². The molecule has 1 saturated heterocycles. The molecule has 3 heteroatoms. The van der Waals surface area contributed by atoms with Crippen molar-refractivity contribution in [3.05, 3.63) is 71.5 Å². The highest BCUT2D eigenvalue weighted by atomic mass is 19.1. The Morgan fingerprint density at radius 1 is 0.957 bits per heavy atom. The number of carbonyl (C=O) groups excluding carboxylic acids is 1. The van der Waals surface area contributed by atoms with Crippen LogP contribution >= 0.6 is 0 Å². The van der Waals surface area contributed by atoms with E-state index in [4.69, 9.17) is 0 Å². The molecule has 1 unspecified atom stereocenters. The number of hydrogen-bond acceptors (Lipinski definition) is 2. The van der Waals surface area contributed by atoms with Crippen LogP contribution in [0, 0.1) is 5.82 Å². The second-order valence-electron chi connectivity index (χ2n) is 6.20. The fourth-order valence-electron chi connectivity index (χ4n) is 3.24. The number of carbonyl (C=O) groups is 1. The number of hydrogen-bond donors (Lipinski definition) is 0. The molecular weight excluding hydrogens is 289 g/mol. The van der Waals surface area contributed by atoms with Gasteiger partial charge in [0, 0.05) is 12.1 Å². The molecule has 1 atom stereocenters. The van der Waals surface area contributed by atoms with E-state index in [0.717, 1.165) is 25.2 Å². The van der Waals surface area contributed by atoms with Gasteiger partial charge in [-0.15, -0.1) is 0 Å². The molecule has 0 radical (unpaired) electrons. The van der Waals surface area contributed by atoms with Crippen molar-refractivity contribution in [1.82, 2.24) is 4.90 Å². The molecular formula is C20H22FNO. The van der Waals surface area contributed by atoms with E-state index >= 15 is 0 Å². The van der Waals surface area contributed by atoms with E-state index in [0.29, 0.717) is 5.56 Å². The second kappa shape index (κ2) is 7.51. The van der Waals surface area contributed by atoms with E-state index in [1.165, 1.54) is 31.4 Å². The van der Waals surface area contributed by atoms with Gasteiger partial charge in [-0.05, 0) is 55.8 Å². The second-order valence-corrected chi connectivity index (χ2v) is 6.20. The fourth-order valence-corrected chi connectivity index (χ4v) is 3.24. The van der Waals surface area contributed by atoms with Gasteiger partial charge >= 0.3 is 0 Å². The fraction of sp³-hybridized carbons (Fsp3) is 0.350. The van der Waals surface area contributed by atoms with E-state index in [1.807, 2.05) is 30.3 Å². The minimum absolute atomic E-state index is 0.0711. The van der Waals surface area contributed by atoms with Gasteiger partial charge in [-0.3, -0.25) is 4.79 Å². The Hall–Kier alpha value is -2.00. The van der Waals surface area contributed by atoms with Gasteiger partial charge in [-0.2, -0.15) is 0 Å². The van der Waals surface area contributed by atoms with E-state index in [1.54, 1.807) is 12.1 Å². The van der Waals surface area contributed by atoms with Crippen LogP contribution in [-0.2, 0) is 0 Å². The van der Waals surface area contributed by atoms with E-state index < -0.39 is 0 Å². The lowest BCUT2D eigenvalue weighted by molar-refractivity contribution is 0.0925. The third kappa shape index (κ3) is 4.05. The van der Waals surface area contributed by atoms with Crippen molar-refractivity contribution >= 4 is 5.78 Å². The van der Waals surface area contributed by atoms with Crippen molar-refractivity contribution in [3.8, 4) is 0 Å². The Balaban J connectivity index is 1.84. The van der Waals surface area contributed by atoms with Gasteiger partial charge in [0.1, 0.15) is 5.82 Å². The highest BCUT2D eigenvalue weighted by Gasteiger charge is 2.25. The summed E-state index contributed by atoms with van der Waals surface area (Å²) in [5.41, 5.74) is 1.62. The van der Waals surface area contributed by atoms with Gasteiger partial charge in [-0.25, -0.2) is 4.39 Å². The average Bonchev–Trinajstić information content (AvgIpc) is 2.61. The molecule has 1 heterocycles. The summed E-state index contributed by atoms with van der Waals surface area (Å²) in [6, 6.07) is 15.8. The average molecular weight is 311 g/mol. The van der Waals surface area contributed by atoms with Crippen molar-refractivity contribution in [2.45, 2.75) is 25.2 Å². The Morgan fingerprint density at radius 2 is 1.61 bits per heavy atom. The SMILES string of the molecule is O=C(c1ccc(F)cc1)C(CN1CCCCC1)c1ccccc1. The number of Topliss-reactive ketones (excluding diaryl/α,β-unsaturated/α-hetero) is 1. The number of rotatable bonds is 5. The standard InChI is InChI=1S/C20H22FNO/c21-18-11-9-17(10-12-18)20(23)19(16-7-3-1-4-8-16)15-22-13-5-2-6-14-22/h1,3-4,7-12,19H,2,5-6,13-15H2. The number of piperidine rings is 1. The summed E-state index contributed by atoms with van der Waals surface area (Å²) in [4.78, 5) is 15.4. The first kappa shape index (κ1) is 15.9. The molecule has 2 aromatic rings. The Bertz CT molecular complexity index is 632. The number of benzene rings is 2. The zero-order valence-corrected chi connectivity index (χ0v) is 13.2. The topological polar surface area (TPSA) is 20.3 Å². The molecule has 0 amide bonds. The number of nitrogens with zero attached hydrogens (tertiary/aromatic N) is 1. The zero-order chi connectivity index (χ0) is 16.1. The van der Waals surface area contributed by atoms with Crippen LogP contribution in [0.25, 0.3) is 0 Å². The first-order valence-electron chi connectivity index (χ1n) is 8.31. The molecule has 3 rings (SSSR count). The molecule has 2 nitrogen and oxygen atoms in total. The highest BCUT2D eigenvalue weighted by molar-refractivity contribution is 6.01.